The predicted molar refractivity (Wildman–Crippen MR) is 88.7 cm³/mol. The van der Waals surface area contributed by atoms with Gasteiger partial charge in [0.05, 0.1) is 5.02 Å². The van der Waals surface area contributed by atoms with Gasteiger partial charge in [0, 0.05) is 32.1 Å². The number of pyridine rings is 1. The van der Waals surface area contributed by atoms with Crippen LogP contribution in [0.15, 0.2) is 12.1 Å². The van der Waals surface area contributed by atoms with E-state index in [-0.39, 0.29) is 28.6 Å². The van der Waals surface area contributed by atoms with Crippen molar-refractivity contribution in [3.05, 3.63) is 28.0 Å². The van der Waals surface area contributed by atoms with Crippen LogP contribution < -0.4 is 0 Å². The second kappa shape index (κ2) is 7.05. The minimum Gasteiger partial charge on any atom is -0.339 e. The molecular weight excluding hydrogens is 337 g/mol. The van der Waals surface area contributed by atoms with E-state index in [4.69, 9.17) is 23.2 Å². The molecule has 1 aromatic heterocycles. The summed E-state index contributed by atoms with van der Waals surface area (Å²) >= 11 is 11.9. The lowest BCUT2D eigenvalue weighted by molar-refractivity contribution is -0.136. The average Bonchev–Trinajstić information content (AvgIpc) is 3.10. The largest absolute Gasteiger partial charge is 0.339 e. The molecule has 2 aliphatic rings. The molecular formula is C16H19Cl2N3O2. The number of hydrogen-bond acceptors (Lipinski definition) is 3. The quantitative estimate of drug-likeness (QED) is 0.766. The molecule has 2 heterocycles. The number of rotatable bonds is 2. The fourth-order valence-corrected chi connectivity index (χ4v) is 3.61. The molecule has 5 nitrogen and oxygen atoms in total. The van der Waals surface area contributed by atoms with Crippen molar-refractivity contribution in [1.29, 1.82) is 0 Å². The fraction of sp³-hybridized carbons (Fsp3) is 0.562. The van der Waals surface area contributed by atoms with Gasteiger partial charge in [-0.25, -0.2) is 4.98 Å². The fourth-order valence-electron chi connectivity index (χ4n) is 3.28. The zero-order valence-electron chi connectivity index (χ0n) is 12.8. The summed E-state index contributed by atoms with van der Waals surface area (Å²) in [6.45, 7) is 2.14. The van der Waals surface area contributed by atoms with E-state index in [0.29, 0.717) is 31.2 Å². The van der Waals surface area contributed by atoms with Crippen molar-refractivity contribution in [2.75, 3.05) is 26.2 Å². The minimum atomic E-state index is -0.231. The molecule has 0 bridgehead atoms. The van der Waals surface area contributed by atoms with Crippen molar-refractivity contribution in [3.63, 3.8) is 0 Å². The van der Waals surface area contributed by atoms with Gasteiger partial charge in [-0.15, -0.1) is 0 Å². The molecule has 1 aromatic rings. The Morgan fingerprint density at radius 2 is 1.61 bits per heavy atom. The molecule has 0 spiro atoms. The predicted octanol–water partition coefficient (Wildman–Crippen LogP) is 2.86. The number of nitrogens with zero attached hydrogens (tertiary/aromatic N) is 3. The van der Waals surface area contributed by atoms with Gasteiger partial charge in [0.25, 0.3) is 5.91 Å². The summed E-state index contributed by atoms with van der Waals surface area (Å²) in [4.78, 5) is 32.5. The van der Waals surface area contributed by atoms with Gasteiger partial charge >= 0.3 is 0 Å². The van der Waals surface area contributed by atoms with Crippen LogP contribution in [-0.2, 0) is 4.79 Å². The number of halogens is 2. The number of aromatic nitrogens is 1. The summed E-state index contributed by atoms with van der Waals surface area (Å²) in [6, 6.07) is 3.13. The molecule has 2 amide bonds. The highest BCUT2D eigenvalue weighted by atomic mass is 35.5. The summed E-state index contributed by atoms with van der Waals surface area (Å²) in [5, 5.41) is 0.539. The number of amides is 2. The molecule has 0 aromatic carbocycles. The summed E-state index contributed by atoms with van der Waals surface area (Å²) in [5.74, 6) is 0.195. The second-order valence-corrected chi connectivity index (χ2v) is 6.86. The number of carbonyl (C=O) groups is 2. The number of piperazine rings is 1. The Morgan fingerprint density at radius 3 is 2.26 bits per heavy atom. The van der Waals surface area contributed by atoms with Crippen LogP contribution in [0.3, 0.4) is 0 Å². The van der Waals surface area contributed by atoms with Crippen molar-refractivity contribution in [1.82, 2.24) is 14.8 Å². The molecule has 0 radical (unpaired) electrons. The molecule has 124 valence electrons. The van der Waals surface area contributed by atoms with Gasteiger partial charge < -0.3 is 9.80 Å². The van der Waals surface area contributed by atoms with E-state index in [1.54, 1.807) is 17.0 Å². The van der Waals surface area contributed by atoms with Gasteiger partial charge in [0.2, 0.25) is 5.91 Å². The Labute approximate surface area is 145 Å². The molecule has 0 unspecified atom stereocenters. The Hall–Kier alpha value is -1.33. The van der Waals surface area contributed by atoms with Gasteiger partial charge in [0.1, 0.15) is 10.8 Å². The third-order valence-corrected chi connectivity index (χ3v) is 5.11. The standard InChI is InChI=1S/C16H19Cl2N3O2/c17-12-5-6-13(18)19-14(12)16(23)21-9-7-20(8-10-21)15(22)11-3-1-2-4-11/h5-6,11H,1-4,7-10H2. The molecule has 1 saturated heterocycles. The van der Waals surface area contributed by atoms with E-state index in [2.05, 4.69) is 4.98 Å². The molecule has 0 atom stereocenters. The van der Waals surface area contributed by atoms with Gasteiger partial charge in [-0.05, 0) is 25.0 Å². The zero-order chi connectivity index (χ0) is 16.4. The first kappa shape index (κ1) is 16.5. The molecule has 0 N–H and O–H groups in total. The van der Waals surface area contributed by atoms with Crippen LogP contribution in [0.4, 0.5) is 0 Å². The molecule has 3 rings (SSSR count). The summed E-state index contributed by atoms with van der Waals surface area (Å²) in [7, 11) is 0. The zero-order valence-corrected chi connectivity index (χ0v) is 14.3. The van der Waals surface area contributed by atoms with Crippen LogP contribution in [0.25, 0.3) is 0 Å². The minimum absolute atomic E-state index is 0.176. The van der Waals surface area contributed by atoms with E-state index in [1.807, 2.05) is 4.90 Å². The first-order chi connectivity index (χ1) is 11.1. The van der Waals surface area contributed by atoms with E-state index in [9.17, 15) is 9.59 Å². The van der Waals surface area contributed by atoms with E-state index in [0.717, 1.165) is 25.7 Å². The highest BCUT2D eigenvalue weighted by molar-refractivity contribution is 6.34. The lowest BCUT2D eigenvalue weighted by Crippen LogP contribution is -2.52. The van der Waals surface area contributed by atoms with Crippen molar-refractivity contribution in [3.8, 4) is 0 Å². The Morgan fingerprint density at radius 1 is 1.00 bits per heavy atom. The third-order valence-electron chi connectivity index (χ3n) is 4.60. The summed E-state index contributed by atoms with van der Waals surface area (Å²) in [5.41, 5.74) is 0.176. The Bertz CT molecular complexity index is 609. The van der Waals surface area contributed by atoms with Crippen molar-refractivity contribution in [2.24, 2.45) is 5.92 Å². The normalized spacial score (nSPS) is 19.2. The second-order valence-electron chi connectivity index (χ2n) is 6.06. The third kappa shape index (κ3) is 3.61. The summed E-state index contributed by atoms with van der Waals surface area (Å²) in [6.07, 6.45) is 4.29. The average molecular weight is 356 g/mol. The van der Waals surface area contributed by atoms with E-state index >= 15 is 0 Å². The maximum Gasteiger partial charge on any atom is 0.274 e. The lowest BCUT2D eigenvalue weighted by atomic mass is 10.1. The molecule has 23 heavy (non-hydrogen) atoms. The highest BCUT2D eigenvalue weighted by Gasteiger charge is 2.31. The van der Waals surface area contributed by atoms with Crippen LogP contribution >= 0.6 is 23.2 Å². The van der Waals surface area contributed by atoms with Crippen LogP contribution in [0, 0.1) is 5.92 Å². The maximum atomic E-state index is 12.5. The molecule has 2 fully saturated rings. The maximum absolute atomic E-state index is 12.5. The monoisotopic (exact) mass is 355 g/mol. The Kier molecular flexibility index (Phi) is 5.07. The number of hydrogen-bond donors (Lipinski definition) is 0. The van der Waals surface area contributed by atoms with Gasteiger partial charge in [0.15, 0.2) is 0 Å². The molecule has 7 heteroatoms. The van der Waals surface area contributed by atoms with Crippen LogP contribution in [0.5, 0.6) is 0 Å². The molecule has 1 saturated carbocycles. The highest BCUT2D eigenvalue weighted by Crippen LogP contribution is 2.27. The van der Waals surface area contributed by atoms with Gasteiger partial charge in [-0.2, -0.15) is 0 Å². The first-order valence-electron chi connectivity index (χ1n) is 7.96. The van der Waals surface area contributed by atoms with Crippen LogP contribution in [-0.4, -0.2) is 52.8 Å². The van der Waals surface area contributed by atoms with Crippen LogP contribution in [0.1, 0.15) is 36.2 Å². The number of carbonyl (C=O) groups excluding carboxylic acids is 2. The van der Waals surface area contributed by atoms with E-state index < -0.39 is 0 Å². The first-order valence-corrected chi connectivity index (χ1v) is 8.72. The van der Waals surface area contributed by atoms with Gasteiger partial charge in [-0.1, -0.05) is 36.0 Å². The summed E-state index contributed by atoms with van der Waals surface area (Å²) < 4.78 is 0. The van der Waals surface area contributed by atoms with Crippen molar-refractivity contribution in [2.45, 2.75) is 25.7 Å². The lowest BCUT2D eigenvalue weighted by Gasteiger charge is -2.36. The molecule has 1 aliphatic heterocycles. The van der Waals surface area contributed by atoms with E-state index in [1.165, 1.54) is 0 Å². The Balaban J connectivity index is 1.61. The van der Waals surface area contributed by atoms with Gasteiger partial charge in [-0.3, -0.25) is 9.59 Å². The van der Waals surface area contributed by atoms with Crippen LogP contribution in [0.2, 0.25) is 10.2 Å². The van der Waals surface area contributed by atoms with Crippen molar-refractivity contribution >= 4 is 35.0 Å². The molecule has 1 aliphatic carbocycles. The van der Waals surface area contributed by atoms with Crippen molar-refractivity contribution < 1.29 is 9.59 Å². The smallest absolute Gasteiger partial charge is 0.274 e. The topological polar surface area (TPSA) is 53.5 Å². The SMILES string of the molecule is O=C(c1nc(Cl)ccc1Cl)N1CCN(C(=O)C2CCCC2)CC1.